The Morgan fingerprint density at radius 3 is 2.76 bits per heavy atom. The summed E-state index contributed by atoms with van der Waals surface area (Å²) in [6.07, 6.45) is -0.364. The molecule has 0 saturated carbocycles. The molecule has 4 rings (SSSR count). The number of ether oxygens (including phenoxy) is 1. The van der Waals surface area contributed by atoms with Crippen LogP contribution in [0.5, 0.6) is 5.75 Å². The van der Waals surface area contributed by atoms with Gasteiger partial charge >= 0.3 is 5.97 Å². The van der Waals surface area contributed by atoms with Gasteiger partial charge in [0.15, 0.2) is 18.7 Å². The Kier molecular flexibility index (Phi) is 3.50. The van der Waals surface area contributed by atoms with Gasteiger partial charge in [-0.15, -0.1) is 0 Å². The molecule has 8 nitrogen and oxygen atoms in total. The summed E-state index contributed by atoms with van der Waals surface area (Å²) in [6.45, 7) is -0.381. The molecular weight excluding hydrogens is 322 g/mol. The molecule has 0 radical (unpaired) electrons. The van der Waals surface area contributed by atoms with Crippen LogP contribution < -0.4 is 15.8 Å². The van der Waals surface area contributed by atoms with Crippen molar-refractivity contribution in [2.24, 2.45) is 10.7 Å². The minimum atomic E-state index is -1.02. The van der Waals surface area contributed by atoms with Crippen LogP contribution in [0.2, 0.25) is 0 Å². The third-order valence-electron chi connectivity index (χ3n) is 3.88. The van der Waals surface area contributed by atoms with Gasteiger partial charge in [0.25, 0.3) is 0 Å². The Morgan fingerprint density at radius 2 is 2.00 bits per heavy atom. The van der Waals surface area contributed by atoms with Crippen LogP contribution in [0.4, 0.5) is 5.95 Å². The number of anilines is 1. The molecule has 1 aliphatic rings. The number of carboxylic acids is 1. The lowest BCUT2D eigenvalue weighted by Gasteiger charge is -2.23. The van der Waals surface area contributed by atoms with E-state index in [9.17, 15) is 4.79 Å². The molecule has 0 saturated heterocycles. The van der Waals surface area contributed by atoms with Crippen molar-refractivity contribution in [1.29, 1.82) is 0 Å². The van der Waals surface area contributed by atoms with Crippen molar-refractivity contribution in [2.75, 3.05) is 11.9 Å². The fourth-order valence-corrected chi connectivity index (χ4v) is 2.82. The topological polar surface area (TPSA) is 115 Å². The van der Waals surface area contributed by atoms with Gasteiger partial charge in [0.05, 0.1) is 11.0 Å². The van der Waals surface area contributed by atoms with E-state index in [2.05, 4.69) is 15.3 Å². The van der Waals surface area contributed by atoms with Crippen LogP contribution in [0, 0.1) is 0 Å². The minimum Gasteiger partial charge on any atom is -0.482 e. The normalized spacial score (nSPS) is 16.0. The molecule has 0 amide bonds. The number of carbonyl (C=O) groups is 1. The van der Waals surface area contributed by atoms with Crippen LogP contribution in [0.15, 0.2) is 53.5 Å². The monoisotopic (exact) mass is 337 g/mol. The highest BCUT2D eigenvalue weighted by Gasteiger charge is 2.24. The predicted molar refractivity (Wildman–Crippen MR) is 92.7 cm³/mol. The molecule has 1 aliphatic heterocycles. The van der Waals surface area contributed by atoms with Crippen molar-refractivity contribution >= 4 is 28.9 Å². The number of nitrogens with two attached hydrogens (primary N) is 1. The van der Waals surface area contributed by atoms with E-state index in [-0.39, 0.29) is 12.8 Å². The molecule has 0 fully saturated rings. The maximum absolute atomic E-state index is 10.6. The van der Waals surface area contributed by atoms with Crippen LogP contribution in [-0.2, 0) is 4.79 Å². The van der Waals surface area contributed by atoms with E-state index >= 15 is 0 Å². The number of benzene rings is 2. The predicted octanol–water partition coefficient (Wildman–Crippen LogP) is 1.79. The van der Waals surface area contributed by atoms with E-state index in [1.54, 1.807) is 12.1 Å². The first kappa shape index (κ1) is 15.0. The second-order valence-electron chi connectivity index (χ2n) is 5.56. The zero-order valence-electron chi connectivity index (χ0n) is 13.1. The zero-order chi connectivity index (χ0) is 17.4. The number of hydrogen-bond donors (Lipinski definition) is 3. The van der Waals surface area contributed by atoms with Gasteiger partial charge in [-0.05, 0) is 29.8 Å². The summed E-state index contributed by atoms with van der Waals surface area (Å²) >= 11 is 0. The Bertz CT molecular complexity index is 978. The first-order chi connectivity index (χ1) is 12.1. The smallest absolute Gasteiger partial charge is 0.341 e. The quantitative estimate of drug-likeness (QED) is 0.668. The number of aliphatic imine (C=N–C) groups is 1. The van der Waals surface area contributed by atoms with Gasteiger partial charge in [-0.2, -0.15) is 0 Å². The van der Waals surface area contributed by atoms with Gasteiger partial charge in [0, 0.05) is 0 Å². The molecule has 2 heterocycles. The Balaban J connectivity index is 1.72. The number of aromatic nitrogens is 2. The van der Waals surface area contributed by atoms with Crippen LogP contribution in [0.1, 0.15) is 11.7 Å². The van der Waals surface area contributed by atoms with Crippen LogP contribution in [-0.4, -0.2) is 33.2 Å². The average Bonchev–Trinajstić information content (AvgIpc) is 2.97. The third kappa shape index (κ3) is 2.74. The first-order valence-electron chi connectivity index (χ1n) is 7.63. The SMILES string of the molecule is NC1=NC(c2ccc(OCC(=O)O)cc2)n2c(nc3ccccc32)N1. The highest BCUT2D eigenvalue weighted by molar-refractivity contribution is 5.94. The van der Waals surface area contributed by atoms with Crippen molar-refractivity contribution in [3.8, 4) is 5.75 Å². The molecule has 3 aromatic rings. The summed E-state index contributed by atoms with van der Waals surface area (Å²) in [4.78, 5) is 19.6. The van der Waals surface area contributed by atoms with E-state index in [0.29, 0.717) is 17.7 Å². The number of fused-ring (bicyclic) bond motifs is 3. The molecular formula is C17H15N5O3. The number of hydrogen-bond acceptors (Lipinski definition) is 6. The van der Waals surface area contributed by atoms with E-state index < -0.39 is 5.97 Å². The van der Waals surface area contributed by atoms with Gasteiger partial charge in [-0.3, -0.25) is 9.88 Å². The Morgan fingerprint density at radius 1 is 1.24 bits per heavy atom. The number of nitrogens with zero attached hydrogens (tertiary/aromatic N) is 3. The van der Waals surface area contributed by atoms with Gasteiger partial charge in [-0.1, -0.05) is 24.3 Å². The standard InChI is InChI=1S/C17H15N5O3/c18-16-20-15(10-5-7-11(8-6-10)25-9-14(23)24)22-13-4-2-1-3-12(13)19-17(22)21-16/h1-8,15H,9H2,(H,23,24)(H3,18,19,20,21). The van der Waals surface area contributed by atoms with Crippen LogP contribution in [0.25, 0.3) is 11.0 Å². The molecule has 0 spiro atoms. The molecule has 1 unspecified atom stereocenters. The van der Waals surface area contributed by atoms with Crippen LogP contribution in [0.3, 0.4) is 0 Å². The van der Waals surface area contributed by atoms with E-state index in [1.807, 2.05) is 41.0 Å². The van der Waals surface area contributed by atoms with Gasteiger partial charge < -0.3 is 15.6 Å². The molecule has 1 aromatic heterocycles. The van der Waals surface area contributed by atoms with E-state index in [0.717, 1.165) is 16.6 Å². The molecule has 4 N–H and O–H groups in total. The van der Waals surface area contributed by atoms with Gasteiger partial charge in [-0.25, -0.2) is 14.8 Å². The second kappa shape index (κ2) is 5.82. The van der Waals surface area contributed by atoms with Crippen molar-refractivity contribution in [3.05, 3.63) is 54.1 Å². The molecule has 8 heteroatoms. The lowest BCUT2D eigenvalue weighted by molar-refractivity contribution is -0.139. The highest BCUT2D eigenvalue weighted by Crippen LogP contribution is 2.32. The summed E-state index contributed by atoms with van der Waals surface area (Å²) < 4.78 is 7.14. The number of aliphatic carboxylic acids is 1. The summed E-state index contributed by atoms with van der Waals surface area (Å²) in [6, 6.07) is 14.9. The molecule has 0 bridgehead atoms. The zero-order valence-corrected chi connectivity index (χ0v) is 13.1. The van der Waals surface area contributed by atoms with Gasteiger partial charge in [0.2, 0.25) is 5.95 Å². The first-order valence-corrected chi connectivity index (χ1v) is 7.63. The Hall–Kier alpha value is -3.55. The number of carboxylic acid groups (broad SMARTS) is 1. The molecule has 2 aromatic carbocycles. The molecule has 126 valence electrons. The summed E-state index contributed by atoms with van der Waals surface area (Å²) in [7, 11) is 0. The van der Waals surface area contributed by atoms with Gasteiger partial charge in [0.1, 0.15) is 5.75 Å². The minimum absolute atomic E-state index is 0.291. The van der Waals surface area contributed by atoms with Crippen LogP contribution >= 0.6 is 0 Å². The lowest BCUT2D eigenvalue weighted by Crippen LogP contribution is -2.31. The number of imidazole rings is 1. The van der Waals surface area contributed by atoms with Crippen molar-refractivity contribution < 1.29 is 14.6 Å². The largest absolute Gasteiger partial charge is 0.482 e. The maximum atomic E-state index is 10.6. The van der Waals surface area contributed by atoms with Crippen molar-refractivity contribution in [3.63, 3.8) is 0 Å². The highest BCUT2D eigenvalue weighted by atomic mass is 16.5. The average molecular weight is 337 g/mol. The third-order valence-corrected chi connectivity index (χ3v) is 3.88. The fraction of sp³-hybridized carbons (Fsp3) is 0.118. The van der Waals surface area contributed by atoms with E-state index in [1.165, 1.54) is 0 Å². The summed E-state index contributed by atoms with van der Waals surface area (Å²) in [5.74, 6) is 0.381. The second-order valence-corrected chi connectivity index (χ2v) is 5.56. The number of guanidine groups is 1. The molecule has 0 aliphatic carbocycles. The van der Waals surface area contributed by atoms with Crippen molar-refractivity contribution in [2.45, 2.75) is 6.17 Å². The number of rotatable bonds is 4. The molecule has 25 heavy (non-hydrogen) atoms. The Labute approximate surface area is 142 Å². The maximum Gasteiger partial charge on any atom is 0.341 e. The van der Waals surface area contributed by atoms with E-state index in [4.69, 9.17) is 15.6 Å². The van der Waals surface area contributed by atoms with Crippen molar-refractivity contribution in [1.82, 2.24) is 9.55 Å². The lowest BCUT2D eigenvalue weighted by atomic mass is 10.1. The number of para-hydroxylation sites is 2. The summed E-state index contributed by atoms with van der Waals surface area (Å²) in [5.41, 5.74) is 8.58. The fourth-order valence-electron chi connectivity index (χ4n) is 2.82. The summed E-state index contributed by atoms with van der Waals surface area (Å²) in [5, 5.41) is 11.7. The number of nitrogens with one attached hydrogen (secondary N) is 1. The molecule has 1 atom stereocenters.